The van der Waals surface area contributed by atoms with Gasteiger partial charge in [-0.25, -0.2) is 4.79 Å². The third-order valence-electron chi connectivity index (χ3n) is 3.62. The molecule has 0 aliphatic carbocycles. The summed E-state index contributed by atoms with van der Waals surface area (Å²) in [5, 5.41) is 6.84. The smallest absolute Gasteiger partial charge is 0.338 e. The van der Waals surface area contributed by atoms with Gasteiger partial charge in [0, 0.05) is 5.69 Å². The van der Waals surface area contributed by atoms with E-state index in [1.54, 1.807) is 38.3 Å². The van der Waals surface area contributed by atoms with Crippen molar-refractivity contribution in [3.8, 4) is 5.75 Å². The van der Waals surface area contributed by atoms with E-state index in [9.17, 15) is 4.79 Å². The highest BCUT2D eigenvalue weighted by molar-refractivity contribution is 7.80. The van der Waals surface area contributed by atoms with E-state index >= 15 is 0 Å². The van der Waals surface area contributed by atoms with E-state index < -0.39 is 0 Å². The normalized spacial score (nSPS) is 11.3. The second-order valence-corrected chi connectivity index (χ2v) is 5.80. The molecule has 25 heavy (non-hydrogen) atoms. The quantitative estimate of drug-likeness (QED) is 0.603. The Morgan fingerprint density at radius 2 is 1.76 bits per heavy atom. The third-order valence-corrected chi connectivity index (χ3v) is 3.84. The molecule has 0 radical (unpaired) electrons. The molecule has 2 N–H and O–H groups in total. The fraction of sp³-hybridized carbons (Fsp3) is 0.263. The lowest BCUT2D eigenvalue weighted by Crippen LogP contribution is -2.30. The van der Waals surface area contributed by atoms with Crippen molar-refractivity contribution < 1.29 is 14.3 Å². The SMILES string of the molecule is CCOC(=O)c1ccc(NC(=S)NC(C)c2ccc(OC)cc2)cc1. The van der Waals surface area contributed by atoms with Crippen LogP contribution < -0.4 is 15.4 Å². The van der Waals surface area contributed by atoms with Crippen LogP contribution in [0.4, 0.5) is 5.69 Å². The van der Waals surface area contributed by atoms with Gasteiger partial charge in [-0.1, -0.05) is 12.1 Å². The number of carbonyl (C=O) groups is 1. The fourth-order valence-electron chi connectivity index (χ4n) is 2.24. The molecule has 0 amide bonds. The number of carbonyl (C=O) groups excluding carboxylic acids is 1. The predicted octanol–water partition coefficient (Wildman–Crippen LogP) is 3.92. The number of benzene rings is 2. The highest BCUT2D eigenvalue weighted by Crippen LogP contribution is 2.17. The van der Waals surface area contributed by atoms with Crippen LogP contribution in [-0.4, -0.2) is 24.8 Å². The van der Waals surface area contributed by atoms with Crippen molar-refractivity contribution in [3.05, 3.63) is 59.7 Å². The van der Waals surface area contributed by atoms with E-state index in [0.717, 1.165) is 17.0 Å². The van der Waals surface area contributed by atoms with Crippen molar-refractivity contribution in [3.63, 3.8) is 0 Å². The lowest BCUT2D eigenvalue weighted by molar-refractivity contribution is 0.0526. The maximum Gasteiger partial charge on any atom is 0.338 e. The summed E-state index contributed by atoms with van der Waals surface area (Å²) in [6.07, 6.45) is 0. The first-order valence-electron chi connectivity index (χ1n) is 8.02. The molecule has 0 saturated heterocycles. The number of thiocarbonyl (C=S) groups is 1. The Bertz CT molecular complexity index is 714. The molecule has 0 aromatic heterocycles. The van der Waals surface area contributed by atoms with Gasteiger partial charge in [0.15, 0.2) is 5.11 Å². The van der Waals surface area contributed by atoms with Crippen LogP contribution in [-0.2, 0) is 4.74 Å². The van der Waals surface area contributed by atoms with E-state index in [2.05, 4.69) is 10.6 Å². The second kappa shape index (κ2) is 9.03. The number of anilines is 1. The summed E-state index contributed by atoms with van der Waals surface area (Å²) >= 11 is 5.35. The van der Waals surface area contributed by atoms with Gasteiger partial charge < -0.3 is 20.1 Å². The molecule has 0 aliphatic rings. The van der Waals surface area contributed by atoms with Crippen molar-refractivity contribution in [1.82, 2.24) is 5.32 Å². The number of hydrogen-bond donors (Lipinski definition) is 2. The summed E-state index contributed by atoms with van der Waals surface area (Å²) < 4.78 is 10.1. The second-order valence-electron chi connectivity index (χ2n) is 5.39. The van der Waals surface area contributed by atoms with E-state index in [1.807, 2.05) is 31.2 Å². The van der Waals surface area contributed by atoms with Crippen LogP contribution in [0.15, 0.2) is 48.5 Å². The van der Waals surface area contributed by atoms with Gasteiger partial charge in [-0.3, -0.25) is 0 Å². The monoisotopic (exact) mass is 358 g/mol. The molecule has 2 aromatic carbocycles. The first-order valence-corrected chi connectivity index (χ1v) is 8.43. The van der Waals surface area contributed by atoms with E-state index in [-0.39, 0.29) is 12.0 Å². The average Bonchev–Trinajstić information content (AvgIpc) is 2.62. The molecule has 1 unspecified atom stereocenters. The molecule has 5 nitrogen and oxygen atoms in total. The molecule has 0 spiro atoms. The summed E-state index contributed by atoms with van der Waals surface area (Å²) in [7, 11) is 1.64. The minimum atomic E-state index is -0.331. The Balaban J connectivity index is 1.91. The van der Waals surface area contributed by atoms with Crippen LogP contribution in [0.2, 0.25) is 0 Å². The number of ether oxygens (including phenoxy) is 2. The minimum Gasteiger partial charge on any atom is -0.497 e. The molecular formula is C19H22N2O3S. The van der Waals surface area contributed by atoms with Gasteiger partial charge in [-0.2, -0.15) is 0 Å². The molecule has 2 rings (SSSR count). The highest BCUT2D eigenvalue weighted by atomic mass is 32.1. The maximum atomic E-state index is 11.6. The van der Waals surface area contributed by atoms with Gasteiger partial charge in [0.05, 0.1) is 25.3 Å². The van der Waals surface area contributed by atoms with Gasteiger partial charge in [-0.05, 0) is 68.0 Å². The number of rotatable bonds is 6. The zero-order chi connectivity index (χ0) is 18.2. The Hall–Kier alpha value is -2.60. The minimum absolute atomic E-state index is 0.0460. The average molecular weight is 358 g/mol. The fourth-order valence-corrected chi connectivity index (χ4v) is 2.54. The van der Waals surface area contributed by atoms with Gasteiger partial charge in [-0.15, -0.1) is 0 Å². The van der Waals surface area contributed by atoms with Crippen LogP contribution >= 0.6 is 12.2 Å². The highest BCUT2D eigenvalue weighted by Gasteiger charge is 2.09. The predicted molar refractivity (Wildman–Crippen MR) is 103 cm³/mol. The molecule has 0 heterocycles. The number of nitrogens with one attached hydrogen (secondary N) is 2. The van der Waals surface area contributed by atoms with Crippen molar-refractivity contribution in [1.29, 1.82) is 0 Å². The zero-order valence-electron chi connectivity index (χ0n) is 14.5. The number of esters is 1. The first kappa shape index (κ1) is 18.7. The van der Waals surface area contributed by atoms with E-state index in [0.29, 0.717) is 17.3 Å². The number of hydrogen-bond acceptors (Lipinski definition) is 4. The maximum absolute atomic E-state index is 11.6. The molecule has 0 fully saturated rings. The van der Waals surface area contributed by atoms with Gasteiger partial charge in [0.2, 0.25) is 0 Å². The van der Waals surface area contributed by atoms with Crippen LogP contribution in [0.25, 0.3) is 0 Å². The summed E-state index contributed by atoms with van der Waals surface area (Å²) in [5.41, 5.74) is 2.41. The van der Waals surface area contributed by atoms with Gasteiger partial charge in [0.1, 0.15) is 5.75 Å². The van der Waals surface area contributed by atoms with E-state index in [1.165, 1.54) is 0 Å². The van der Waals surface area contributed by atoms with Gasteiger partial charge >= 0.3 is 5.97 Å². The van der Waals surface area contributed by atoms with E-state index in [4.69, 9.17) is 21.7 Å². The molecule has 1 atom stereocenters. The Morgan fingerprint density at radius 1 is 1.12 bits per heavy atom. The summed E-state index contributed by atoms with van der Waals surface area (Å²) in [6, 6.07) is 14.9. The van der Waals surface area contributed by atoms with Crippen molar-refractivity contribution in [2.45, 2.75) is 19.9 Å². The largest absolute Gasteiger partial charge is 0.497 e. The molecule has 0 aliphatic heterocycles. The van der Waals surface area contributed by atoms with Crippen molar-refractivity contribution in [2.24, 2.45) is 0 Å². The first-order chi connectivity index (χ1) is 12.0. The van der Waals surface area contributed by atoms with Crippen LogP contribution in [0.3, 0.4) is 0 Å². The number of methoxy groups -OCH3 is 1. The zero-order valence-corrected chi connectivity index (χ0v) is 15.4. The Morgan fingerprint density at radius 3 is 2.32 bits per heavy atom. The van der Waals surface area contributed by atoms with Crippen LogP contribution in [0, 0.1) is 0 Å². The standard InChI is InChI=1S/C19H22N2O3S/c1-4-24-18(22)15-5-9-16(10-6-15)21-19(25)20-13(2)14-7-11-17(23-3)12-8-14/h5-13H,4H2,1-3H3,(H2,20,21,25). The molecule has 2 aromatic rings. The van der Waals surface area contributed by atoms with Gasteiger partial charge in [0.25, 0.3) is 0 Å². The van der Waals surface area contributed by atoms with Crippen molar-refractivity contribution in [2.75, 3.05) is 19.0 Å². The molecule has 0 bridgehead atoms. The molecule has 132 valence electrons. The molecule has 6 heteroatoms. The van der Waals surface area contributed by atoms with Crippen LogP contribution in [0.1, 0.15) is 35.8 Å². The molecular weight excluding hydrogens is 336 g/mol. The summed E-state index contributed by atoms with van der Waals surface area (Å²) in [4.78, 5) is 11.6. The van der Waals surface area contributed by atoms with Crippen molar-refractivity contribution >= 4 is 29.0 Å². The summed E-state index contributed by atoms with van der Waals surface area (Å²) in [5.74, 6) is 0.487. The third kappa shape index (κ3) is 5.46. The summed E-state index contributed by atoms with van der Waals surface area (Å²) in [6.45, 7) is 4.16. The lowest BCUT2D eigenvalue weighted by atomic mass is 10.1. The molecule has 0 saturated carbocycles. The lowest BCUT2D eigenvalue weighted by Gasteiger charge is -2.18. The Labute approximate surface area is 153 Å². The Kier molecular flexibility index (Phi) is 6.77. The topological polar surface area (TPSA) is 59.6 Å². The van der Waals surface area contributed by atoms with Crippen LogP contribution in [0.5, 0.6) is 5.75 Å².